The lowest BCUT2D eigenvalue weighted by Gasteiger charge is -2.08. The van der Waals surface area contributed by atoms with Gasteiger partial charge in [0.2, 0.25) is 0 Å². The highest BCUT2D eigenvalue weighted by Crippen LogP contribution is 2.27. The Balaban J connectivity index is 0.000000240. The molecule has 0 N–H and O–H groups in total. The largest absolute Gasteiger partial charge is 0.494 e. The van der Waals surface area contributed by atoms with E-state index in [0.29, 0.717) is 13.2 Å². The Kier molecular flexibility index (Phi) is 7.66. The molecule has 0 fully saturated rings. The predicted octanol–water partition coefficient (Wildman–Crippen LogP) is 4.77. The van der Waals surface area contributed by atoms with Crippen LogP contribution in [-0.2, 0) is 0 Å². The second-order valence-corrected chi connectivity index (χ2v) is 4.63. The second kappa shape index (κ2) is 9.32. The molecular weight excluding hydrogens is 268 g/mol. The van der Waals surface area contributed by atoms with Gasteiger partial charge in [-0.25, -0.2) is 0 Å². The van der Waals surface area contributed by atoms with Gasteiger partial charge >= 0.3 is 0 Å². The minimum atomic E-state index is 0.654. The minimum Gasteiger partial charge on any atom is -0.494 e. The van der Waals surface area contributed by atoms with Gasteiger partial charge in [0.15, 0.2) is 0 Å². The summed E-state index contributed by atoms with van der Waals surface area (Å²) < 4.78 is 10.7. The third-order valence-corrected chi connectivity index (χ3v) is 2.83. The van der Waals surface area contributed by atoms with Crippen molar-refractivity contribution in [1.82, 2.24) is 0 Å². The van der Waals surface area contributed by atoms with Crippen LogP contribution >= 0.6 is 12.6 Å². The number of rotatable bonds is 4. The molecule has 0 unspecified atom stereocenters. The lowest BCUT2D eigenvalue weighted by atomic mass is 10.2. The van der Waals surface area contributed by atoms with Crippen molar-refractivity contribution in [3.05, 3.63) is 54.1 Å². The van der Waals surface area contributed by atoms with Gasteiger partial charge in [-0.15, -0.1) is 12.6 Å². The van der Waals surface area contributed by atoms with E-state index in [1.807, 2.05) is 50.2 Å². The highest BCUT2D eigenvalue weighted by molar-refractivity contribution is 7.80. The van der Waals surface area contributed by atoms with E-state index in [4.69, 9.17) is 9.47 Å². The van der Waals surface area contributed by atoms with E-state index < -0.39 is 0 Å². The molecule has 20 heavy (non-hydrogen) atoms. The first-order valence-corrected chi connectivity index (χ1v) is 7.22. The van der Waals surface area contributed by atoms with E-state index in [0.717, 1.165) is 16.4 Å². The van der Waals surface area contributed by atoms with Crippen molar-refractivity contribution in [1.29, 1.82) is 0 Å². The van der Waals surface area contributed by atoms with Crippen molar-refractivity contribution in [3.8, 4) is 11.5 Å². The standard InChI is InChI=1S/C10H14O2S.C7H8/c1-3-11-8-5-6-9(12-4-2)10(13)7-8;1-7-5-3-2-4-6-7/h5-7,13H,3-4H2,1-2H3;2-6H,1H3. The fraction of sp³-hybridized carbons (Fsp3) is 0.294. The Labute approximate surface area is 127 Å². The van der Waals surface area contributed by atoms with Gasteiger partial charge in [0.05, 0.1) is 13.2 Å². The summed E-state index contributed by atoms with van der Waals surface area (Å²) in [5, 5.41) is 0. The molecule has 3 heteroatoms. The van der Waals surface area contributed by atoms with Gasteiger partial charge in [-0.2, -0.15) is 0 Å². The van der Waals surface area contributed by atoms with Gasteiger partial charge in [0.25, 0.3) is 0 Å². The fourth-order valence-electron chi connectivity index (χ4n) is 1.57. The molecule has 0 bridgehead atoms. The van der Waals surface area contributed by atoms with Gasteiger partial charge in [-0.3, -0.25) is 0 Å². The zero-order valence-corrected chi connectivity index (χ0v) is 13.2. The summed E-state index contributed by atoms with van der Waals surface area (Å²) in [6, 6.07) is 15.9. The summed E-state index contributed by atoms with van der Waals surface area (Å²) in [5.74, 6) is 1.63. The first-order valence-electron chi connectivity index (χ1n) is 6.77. The summed E-state index contributed by atoms with van der Waals surface area (Å²) in [7, 11) is 0. The van der Waals surface area contributed by atoms with Crippen LogP contribution in [0.2, 0.25) is 0 Å². The highest BCUT2D eigenvalue weighted by atomic mass is 32.1. The first kappa shape index (κ1) is 16.4. The lowest BCUT2D eigenvalue weighted by molar-refractivity contribution is 0.323. The number of benzene rings is 2. The average Bonchev–Trinajstić information content (AvgIpc) is 2.44. The summed E-state index contributed by atoms with van der Waals surface area (Å²) in [5.41, 5.74) is 1.32. The van der Waals surface area contributed by atoms with Gasteiger partial charge in [-0.05, 0) is 39.0 Å². The van der Waals surface area contributed by atoms with Crippen LogP contribution in [0.15, 0.2) is 53.4 Å². The third-order valence-electron chi connectivity index (χ3n) is 2.48. The molecule has 2 aromatic carbocycles. The Morgan fingerprint density at radius 3 is 2.00 bits per heavy atom. The molecular formula is C17H22O2S. The fourth-order valence-corrected chi connectivity index (χ4v) is 1.83. The van der Waals surface area contributed by atoms with Crippen LogP contribution in [0.4, 0.5) is 0 Å². The minimum absolute atomic E-state index is 0.654. The van der Waals surface area contributed by atoms with Crippen molar-refractivity contribution < 1.29 is 9.47 Å². The van der Waals surface area contributed by atoms with Crippen LogP contribution in [0, 0.1) is 6.92 Å². The number of thiol groups is 1. The molecule has 0 aliphatic carbocycles. The number of ether oxygens (including phenoxy) is 2. The molecule has 2 rings (SSSR count). The Morgan fingerprint density at radius 1 is 0.900 bits per heavy atom. The topological polar surface area (TPSA) is 18.5 Å². The molecule has 0 aliphatic heterocycles. The van der Waals surface area contributed by atoms with Crippen molar-refractivity contribution in [2.45, 2.75) is 25.7 Å². The molecule has 0 saturated heterocycles. The van der Waals surface area contributed by atoms with Crippen molar-refractivity contribution in [3.63, 3.8) is 0 Å². The molecule has 0 heterocycles. The Morgan fingerprint density at radius 2 is 1.55 bits per heavy atom. The van der Waals surface area contributed by atoms with Crippen LogP contribution < -0.4 is 9.47 Å². The number of hydrogen-bond donors (Lipinski definition) is 1. The Hall–Kier alpha value is -1.61. The van der Waals surface area contributed by atoms with Gasteiger partial charge in [0, 0.05) is 4.90 Å². The molecule has 2 nitrogen and oxygen atoms in total. The quantitative estimate of drug-likeness (QED) is 0.818. The van der Waals surface area contributed by atoms with Crippen molar-refractivity contribution in [2.24, 2.45) is 0 Å². The lowest BCUT2D eigenvalue weighted by Crippen LogP contribution is -1.94. The van der Waals surface area contributed by atoms with Gasteiger partial charge in [0.1, 0.15) is 11.5 Å². The molecule has 0 saturated carbocycles. The maximum Gasteiger partial charge on any atom is 0.132 e. The third kappa shape index (κ3) is 6.02. The van der Waals surface area contributed by atoms with E-state index in [1.165, 1.54) is 5.56 Å². The maximum absolute atomic E-state index is 5.34. The smallest absolute Gasteiger partial charge is 0.132 e. The molecule has 0 spiro atoms. The molecule has 0 atom stereocenters. The monoisotopic (exact) mass is 290 g/mol. The van der Waals surface area contributed by atoms with E-state index in [1.54, 1.807) is 0 Å². The van der Waals surface area contributed by atoms with Crippen LogP contribution in [0.5, 0.6) is 11.5 Å². The number of aryl methyl sites for hydroxylation is 1. The van der Waals surface area contributed by atoms with E-state index in [9.17, 15) is 0 Å². The maximum atomic E-state index is 5.34. The highest BCUT2D eigenvalue weighted by Gasteiger charge is 2.00. The van der Waals surface area contributed by atoms with Crippen LogP contribution in [0.3, 0.4) is 0 Å². The molecule has 0 amide bonds. The summed E-state index contributed by atoms with van der Waals surface area (Å²) in [6.45, 7) is 7.31. The molecule has 0 aliphatic rings. The molecule has 2 aromatic rings. The van der Waals surface area contributed by atoms with E-state index in [2.05, 4.69) is 31.7 Å². The Bertz CT molecular complexity index is 498. The van der Waals surface area contributed by atoms with Crippen LogP contribution in [0.25, 0.3) is 0 Å². The zero-order valence-electron chi connectivity index (χ0n) is 12.3. The van der Waals surface area contributed by atoms with Crippen molar-refractivity contribution >= 4 is 12.6 Å². The zero-order chi connectivity index (χ0) is 14.8. The summed E-state index contributed by atoms with van der Waals surface area (Å²) in [4.78, 5) is 0.813. The average molecular weight is 290 g/mol. The van der Waals surface area contributed by atoms with Crippen LogP contribution in [0.1, 0.15) is 19.4 Å². The molecule has 108 valence electrons. The van der Waals surface area contributed by atoms with E-state index >= 15 is 0 Å². The number of hydrogen-bond acceptors (Lipinski definition) is 3. The van der Waals surface area contributed by atoms with Crippen LogP contribution in [-0.4, -0.2) is 13.2 Å². The second-order valence-electron chi connectivity index (χ2n) is 4.15. The van der Waals surface area contributed by atoms with Gasteiger partial charge in [-0.1, -0.05) is 35.9 Å². The molecule has 0 radical (unpaired) electrons. The van der Waals surface area contributed by atoms with E-state index in [-0.39, 0.29) is 0 Å². The summed E-state index contributed by atoms with van der Waals surface area (Å²) >= 11 is 4.29. The van der Waals surface area contributed by atoms with Crippen molar-refractivity contribution in [2.75, 3.05) is 13.2 Å². The molecule has 0 aromatic heterocycles. The normalized spacial score (nSPS) is 9.40. The predicted molar refractivity (Wildman–Crippen MR) is 87.2 cm³/mol. The van der Waals surface area contributed by atoms with Gasteiger partial charge < -0.3 is 9.47 Å². The first-order chi connectivity index (χ1) is 9.67. The summed E-state index contributed by atoms with van der Waals surface area (Å²) in [6.07, 6.45) is 0. The SMILES string of the molecule is CCOc1ccc(OCC)c(S)c1.Cc1ccccc1.